The number of nitrogens with zero attached hydrogens (tertiary/aromatic N) is 3. The molecule has 0 saturated heterocycles. The Morgan fingerprint density at radius 2 is 1.80 bits per heavy atom. The highest BCUT2D eigenvalue weighted by molar-refractivity contribution is 6.09. The quantitative estimate of drug-likeness (QED) is 0.210. The lowest BCUT2D eigenvalue weighted by molar-refractivity contribution is 0.0987. The van der Waals surface area contributed by atoms with Crippen LogP contribution < -0.4 is 4.74 Å². The molecule has 0 atom stereocenters. The number of benzene rings is 2. The van der Waals surface area contributed by atoms with Gasteiger partial charge in [-0.2, -0.15) is 0 Å². The van der Waals surface area contributed by atoms with Crippen LogP contribution in [0.3, 0.4) is 0 Å². The van der Waals surface area contributed by atoms with Crippen molar-refractivity contribution in [3.63, 3.8) is 0 Å². The minimum Gasteiger partial charge on any atom is -0.496 e. The first-order chi connectivity index (χ1) is 19.3. The molecule has 0 aliphatic carbocycles. The number of aryl methyl sites for hydroxylation is 4. The summed E-state index contributed by atoms with van der Waals surface area (Å²) in [6.07, 6.45) is 0.892. The maximum atomic E-state index is 13.2. The molecule has 0 fully saturated rings. The number of ketones is 1. The fourth-order valence-corrected chi connectivity index (χ4v) is 5.81. The second-order valence-corrected chi connectivity index (χ2v) is 10.2. The van der Waals surface area contributed by atoms with Gasteiger partial charge in [-0.1, -0.05) is 42.4 Å². The summed E-state index contributed by atoms with van der Waals surface area (Å²) in [4.78, 5) is 29.9. The molecule has 0 radical (unpaired) electrons. The molecule has 0 saturated carbocycles. The number of carbonyl (C=O) groups excluding carboxylic acids is 1. The van der Waals surface area contributed by atoms with E-state index in [1.54, 1.807) is 7.11 Å². The molecule has 40 heavy (non-hydrogen) atoms. The minimum absolute atomic E-state index is 0.109. The van der Waals surface area contributed by atoms with Crippen molar-refractivity contribution in [2.24, 2.45) is 0 Å². The Morgan fingerprint density at radius 1 is 1.02 bits per heavy atom. The summed E-state index contributed by atoms with van der Waals surface area (Å²) in [7, 11) is 1.66. The molecule has 2 N–H and O–H groups in total. The number of methoxy groups -OCH3 is 1. The number of rotatable bonds is 7. The van der Waals surface area contributed by atoms with Gasteiger partial charge in [0.05, 0.1) is 24.1 Å². The highest BCUT2D eigenvalue weighted by atomic mass is 16.5. The van der Waals surface area contributed by atoms with Gasteiger partial charge in [-0.3, -0.25) is 4.79 Å². The molecule has 6 rings (SSSR count). The number of hydrogen-bond acceptors (Lipinski definition) is 6. The van der Waals surface area contributed by atoms with E-state index in [-0.39, 0.29) is 5.78 Å². The molecule has 0 aliphatic rings. The van der Waals surface area contributed by atoms with Gasteiger partial charge in [0, 0.05) is 51.6 Å². The summed E-state index contributed by atoms with van der Waals surface area (Å²) < 4.78 is 11.3. The number of hydrogen-bond donors (Lipinski definition) is 2. The number of carbonyl (C=O) groups is 1. The molecular formula is C32H31N5O3. The number of H-pyrrole nitrogens is 2. The van der Waals surface area contributed by atoms with Crippen molar-refractivity contribution >= 4 is 27.7 Å². The summed E-state index contributed by atoms with van der Waals surface area (Å²) in [5.74, 6) is 2.20. The minimum atomic E-state index is 0.109. The molecule has 0 amide bonds. The molecule has 2 aromatic carbocycles. The van der Waals surface area contributed by atoms with Crippen molar-refractivity contribution in [3.05, 3.63) is 82.3 Å². The van der Waals surface area contributed by atoms with E-state index in [0.29, 0.717) is 24.4 Å². The fourth-order valence-electron chi connectivity index (χ4n) is 5.81. The first-order valence-electron chi connectivity index (χ1n) is 13.4. The zero-order valence-corrected chi connectivity index (χ0v) is 23.5. The van der Waals surface area contributed by atoms with Crippen molar-refractivity contribution in [1.29, 1.82) is 0 Å². The van der Waals surface area contributed by atoms with Crippen LogP contribution in [0.4, 0.5) is 0 Å². The van der Waals surface area contributed by atoms with E-state index in [0.717, 1.165) is 78.3 Å². The van der Waals surface area contributed by atoms with Gasteiger partial charge in [-0.15, -0.1) is 0 Å². The highest BCUT2D eigenvalue weighted by Crippen LogP contribution is 2.41. The second kappa shape index (κ2) is 9.79. The van der Waals surface area contributed by atoms with E-state index in [1.807, 2.05) is 58.9 Å². The number of ether oxygens (including phenoxy) is 1. The lowest BCUT2D eigenvalue weighted by Crippen LogP contribution is -2.05. The Morgan fingerprint density at radius 3 is 2.48 bits per heavy atom. The van der Waals surface area contributed by atoms with E-state index in [2.05, 4.69) is 33.3 Å². The Labute approximate surface area is 231 Å². The van der Waals surface area contributed by atoms with Crippen molar-refractivity contribution in [1.82, 2.24) is 25.1 Å². The van der Waals surface area contributed by atoms with Crippen LogP contribution in [-0.2, 0) is 6.42 Å². The van der Waals surface area contributed by atoms with Crippen LogP contribution in [0.2, 0.25) is 0 Å². The van der Waals surface area contributed by atoms with E-state index < -0.39 is 0 Å². The lowest BCUT2D eigenvalue weighted by atomic mass is 9.95. The zero-order valence-electron chi connectivity index (χ0n) is 23.5. The normalized spacial score (nSPS) is 11.6. The van der Waals surface area contributed by atoms with Crippen molar-refractivity contribution in [2.45, 2.75) is 47.5 Å². The predicted molar refractivity (Wildman–Crippen MR) is 156 cm³/mol. The highest BCUT2D eigenvalue weighted by Gasteiger charge is 2.25. The largest absolute Gasteiger partial charge is 0.496 e. The molecule has 0 aliphatic heterocycles. The molecule has 8 heteroatoms. The van der Waals surface area contributed by atoms with Gasteiger partial charge in [-0.25, -0.2) is 9.97 Å². The maximum absolute atomic E-state index is 13.2. The molecule has 4 heterocycles. The predicted octanol–water partition coefficient (Wildman–Crippen LogP) is 7.19. The van der Waals surface area contributed by atoms with E-state index >= 15 is 0 Å². The van der Waals surface area contributed by atoms with Crippen molar-refractivity contribution in [2.75, 3.05) is 7.11 Å². The summed E-state index contributed by atoms with van der Waals surface area (Å²) in [5.41, 5.74) is 9.64. The van der Waals surface area contributed by atoms with Crippen molar-refractivity contribution < 1.29 is 14.1 Å². The summed E-state index contributed by atoms with van der Waals surface area (Å²) in [6, 6.07) is 14.2. The monoisotopic (exact) mass is 533 g/mol. The zero-order chi connectivity index (χ0) is 28.1. The Hall–Kier alpha value is -4.72. The maximum Gasteiger partial charge on any atom is 0.164 e. The average Bonchev–Trinajstić information content (AvgIpc) is 3.59. The third-order valence-corrected chi connectivity index (χ3v) is 7.56. The average molecular weight is 534 g/mol. The molecule has 8 nitrogen and oxygen atoms in total. The molecule has 0 bridgehead atoms. The van der Waals surface area contributed by atoms with Gasteiger partial charge >= 0.3 is 0 Å². The number of aromatic amines is 2. The molecule has 0 unspecified atom stereocenters. The van der Waals surface area contributed by atoms with E-state index in [9.17, 15) is 4.79 Å². The smallest absolute Gasteiger partial charge is 0.164 e. The Kier molecular flexibility index (Phi) is 6.25. The first kappa shape index (κ1) is 25.6. The van der Waals surface area contributed by atoms with Crippen LogP contribution in [-0.4, -0.2) is 38.0 Å². The van der Waals surface area contributed by atoms with E-state index in [1.165, 1.54) is 0 Å². The van der Waals surface area contributed by atoms with Crippen LogP contribution in [0.5, 0.6) is 5.75 Å². The van der Waals surface area contributed by atoms with Gasteiger partial charge in [0.25, 0.3) is 0 Å². The molecule has 0 spiro atoms. The number of nitrogens with one attached hydrogen (secondary N) is 2. The summed E-state index contributed by atoms with van der Waals surface area (Å²) >= 11 is 0. The Bertz CT molecular complexity index is 1890. The first-order valence-corrected chi connectivity index (χ1v) is 13.4. The SMILES string of the molecule is CCC(=O)c1c(C)[nH]c(-c2ccccc2)c1Cc1nc(C)nc2[nH]c3cc(-c4c(C)noc4C)c(OC)cc3c12. The van der Waals surface area contributed by atoms with Gasteiger partial charge in [0.2, 0.25) is 0 Å². The van der Waals surface area contributed by atoms with Crippen LogP contribution in [0.1, 0.15) is 57.9 Å². The lowest BCUT2D eigenvalue weighted by Gasteiger charge is -2.11. The van der Waals surface area contributed by atoms with Gasteiger partial charge in [-0.05, 0) is 51.0 Å². The standard InChI is InChI=1S/C32H31N5O3/c1-7-26(38)29-16(2)33-31(20-11-9-8-10-12-20)23(29)14-25-30-21-15-27(39-6)22(28-17(3)37-40-18(28)4)13-24(21)36-32(30)35-19(5)34-25/h8-13,15,33H,7,14H2,1-6H3,(H,34,35,36). The van der Waals surface area contributed by atoms with E-state index in [4.69, 9.17) is 19.2 Å². The molecule has 4 aromatic heterocycles. The van der Waals surface area contributed by atoms with Gasteiger partial charge < -0.3 is 19.2 Å². The summed E-state index contributed by atoms with van der Waals surface area (Å²) in [6.45, 7) is 9.58. The van der Waals surface area contributed by atoms with Crippen LogP contribution in [0.25, 0.3) is 44.3 Å². The van der Waals surface area contributed by atoms with Crippen LogP contribution in [0, 0.1) is 27.7 Å². The number of Topliss-reactive ketones (excluding diaryl/α,β-unsaturated/α-hetero) is 1. The van der Waals surface area contributed by atoms with Crippen LogP contribution in [0.15, 0.2) is 47.0 Å². The van der Waals surface area contributed by atoms with Crippen molar-refractivity contribution in [3.8, 4) is 28.1 Å². The number of fused-ring (bicyclic) bond motifs is 3. The van der Waals surface area contributed by atoms with Gasteiger partial charge in [0.1, 0.15) is 23.0 Å². The molecular weight excluding hydrogens is 502 g/mol. The second-order valence-electron chi connectivity index (χ2n) is 10.2. The third kappa shape index (κ3) is 4.07. The third-order valence-electron chi connectivity index (χ3n) is 7.56. The summed E-state index contributed by atoms with van der Waals surface area (Å²) in [5, 5.41) is 6.00. The van der Waals surface area contributed by atoms with Crippen LogP contribution >= 0.6 is 0 Å². The molecule has 6 aromatic rings. The Balaban J connectivity index is 1.60. The topological polar surface area (TPSA) is 110 Å². The molecule has 202 valence electrons. The fraction of sp³-hybridized carbons (Fsp3) is 0.250. The van der Waals surface area contributed by atoms with Gasteiger partial charge in [0.15, 0.2) is 5.78 Å². The number of aromatic nitrogens is 5.